The number of carbonyl (C=O) groups excluding carboxylic acids is 2. The molecule has 0 radical (unpaired) electrons. The quantitative estimate of drug-likeness (QED) is 0.638. The molecule has 2 heterocycles. The molecule has 0 spiro atoms. The first-order valence-electron chi connectivity index (χ1n) is 8.37. The zero-order valence-corrected chi connectivity index (χ0v) is 16.9. The predicted octanol–water partition coefficient (Wildman–Crippen LogP) is 1.50. The summed E-state index contributed by atoms with van der Waals surface area (Å²) < 4.78 is 49.5. The maximum Gasteiger partial charge on any atom is 0.418 e. The van der Waals surface area contributed by atoms with E-state index in [1.54, 1.807) is 0 Å². The summed E-state index contributed by atoms with van der Waals surface area (Å²) in [4.78, 5) is 39.9. The van der Waals surface area contributed by atoms with Crippen molar-refractivity contribution in [2.45, 2.75) is 44.8 Å². The minimum absolute atomic E-state index is 0. The molecule has 1 aliphatic rings. The van der Waals surface area contributed by atoms with Crippen LogP contribution in [0.2, 0.25) is 0 Å². The van der Waals surface area contributed by atoms with E-state index in [1.165, 1.54) is 0 Å². The lowest BCUT2D eigenvalue weighted by molar-refractivity contribution is -0.177. The summed E-state index contributed by atoms with van der Waals surface area (Å²) >= 11 is 0. The molecule has 0 aliphatic carbocycles. The topological polar surface area (TPSA) is 126 Å². The highest BCUT2D eigenvalue weighted by Crippen LogP contribution is 2.37. The van der Waals surface area contributed by atoms with Crippen molar-refractivity contribution in [1.29, 1.82) is 0 Å². The number of aliphatic carboxylic acids is 1. The number of hydrogen-bond acceptors (Lipinski definition) is 7. The average molecular weight is 457 g/mol. The second kappa shape index (κ2) is 9.14. The Hall–Kier alpha value is -2.44. The molecular formula is C17H20ClF3N2O7. The standard InChI is InChI=1S/C17H19F3N2O7.ClH/c1-8(23)29-12(15(25)26)11-14(24)22(6-7-28-11)10-5-4-9(17(18,19)20)13(21-10)16(2,3)27;/h4-5,11-12,27H,6-7H2,1-3H3,(H,25,26);1H/t11?,12-;/m1./s1. The van der Waals surface area contributed by atoms with Gasteiger partial charge in [0, 0.05) is 6.92 Å². The van der Waals surface area contributed by atoms with Gasteiger partial charge in [0.1, 0.15) is 11.4 Å². The van der Waals surface area contributed by atoms with E-state index in [0.717, 1.165) is 31.7 Å². The number of rotatable bonds is 5. The van der Waals surface area contributed by atoms with Gasteiger partial charge in [-0.15, -0.1) is 12.4 Å². The van der Waals surface area contributed by atoms with Gasteiger partial charge in [-0.1, -0.05) is 0 Å². The van der Waals surface area contributed by atoms with Gasteiger partial charge in [-0.3, -0.25) is 14.5 Å². The SMILES string of the molecule is CC(=O)O[C@@H](C(=O)O)C1OCCN(c2ccc(C(F)(F)F)c(C(C)(C)O)n2)C1=O.Cl. The van der Waals surface area contributed by atoms with Gasteiger partial charge in [0.15, 0.2) is 6.10 Å². The molecule has 1 aromatic rings. The van der Waals surface area contributed by atoms with Crippen LogP contribution in [-0.2, 0) is 35.6 Å². The number of carbonyl (C=O) groups is 3. The molecule has 1 unspecified atom stereocenters. The molecule has 13 heteroatoms. The minimum Gasteiger partial charge on any atom is -0.478 e. The maximum atomic E-state index is 13.2. The van der Waals surface area contributed by atoms with Crippen molar-refractivity contribution in [2.75, 3.05) is 18.1 Å². The van der Waals surface area contributed by atoms with Crippen molar-refractivity contribution in [3.8, 4) is 0 Å². The smallest absolute Gasteiger partial charge is 0.418 e. The van der Waals surface area contributed by atoms with Gasteiger partial charge in [-0.05, 0) is 26.0 Å². The Labute approximate surface area is 175 Å². The molecule has 1 amide bonds. The first kappa shape index (κ1) is 25.6. The molecule has 1 aromatic heterocycles. The van der Waals surface area contributed by atoms with Crippen molar-refractivity contribution in [3.63, 3.8) is 0 Å². The minimum atomic E-state index is -4.79. The number of pyridine rings is 1. The van der Waals surface area contributed by atoms with Crippen LogP contribution in [0.4, 0.5) is 19.0 Å². The molecule has 2 rings (SSSR count). The average Bonchev–Trinajstić information content (AvgIpc) is 2.58. The van der Waals surface area contributed by atoms with Crippen LogP contribution in [0.25, 0.3) is 0 Å². The largest absolute Gasteiger partial charge is 0.478 e. The van der Waals surface area contributed by atoms with Gasteiger partial charge < -0.3 is 19.7 Å². The Balaban J connectivity index is 0.00000450. The Bertz CT molecular complexity index is 827. The third-order valence-electron chi connectivity index (χ3n) is 3.98. The molecular weight excluding hydrogens is 437 g/mol. The highest BCUT2D eigenvalue weighted by Gasteiger charge is 2.44. The van der Waals surface area contributed by atoms with Crippen molar-refractivity contribution in [2.24, 2.45) is 0 Å². The molecule has 2 atom stereocenters. The summed E-state index contributed by atoms with van der Waals surface area (Å²) in [5.41, 5.74) is -3.85. The van der Waals surface area contributed by atoms with Gasteiger partial charge in [0.2, 0.25) is 6.10 Å². The molecule has 1 fully saturated rings. The third kappa shape index (κ3) is 5.58. The number of amides is 1. The second-order valence-electron chi connectivity index (χ2n) is 6.77. The maximum absolute atomic E-state index is 13.2. The number of alkyl halides is 3. The number of ether oxygens (including phenoxy) is 2. The van der Waals surface area contributed by atoms with Crippen LogP contribution in [-0.4, -0.2) is 58.4 Å². The highest BCUT2D eigenvalue weighted by atomic mass is 35.5. The van der Waals surface area contributed by atoms with Crippen LogP contribution in [0.3, 0.4) is 0 Å². The zero-order chi connectivity index (χ0) is 22.1. The lowest BCUT2D eigenvalue weighted by atomic mass is 9.98. The number of aliphatic hydroxyl groups is 1. The number of aromatic nitrogens is 1. The predicted molar refractivity (Wildman–Crippen MR) is 97.0 cm³/mol. The monoisotopic (exact) mass is 456 g/mol. The molecule has 9 nitrogen and oxygen atoms in total. The van der Waals surface area contributed by atoms with Gasteiger partial charge in [-0.25, -0.2) is 9.78 Å². The molecule has 0 saturated carbocycles. The van der Waals surface area contributed by atoms with Gasteiger partial charge in [0.25, 0.3) is 5.91 Å². The molecule has 0 bridgehead atoms. The summed E-state index contributed by atoms with van der Waals surface area (Å²) in [6, 6.07) is 1.61. The molecule has 168 valence electrons. The van der Waals surface area contributed by atoms with Crippen molar-refractivity contribution >= 4 is 36.1 Å². The number of morpholine rings is 1. The van der Waals surface area contributed by atoms with Crippen LogP contribution < -0.4 is 4.90 Å². The molecule has 1 saturated heterocycles. The first-order valence-corrected chi connectivity index (χ1v) is 8.37. The molecule has 30 heavy (non-hydrogen) atoms. The van der Waals surface area contributed by atoms with E-state index in [0.29, 0.717) is 6.07 Å². The number of halogens is 4. The summed E-state index contributed by atoms with van der Waals surface area (Å²) in [6.45, 7) is 2.86. The van der Waals surface area contributed by atoms with E-state index < -0.39 is 53.1 Å². The summed E-state index contributed by atoms with van der Waals surface area (Å²) in [5.74, 6) is -3.78. The van der Waals surface area contributed by atoms with Crippen LogP contribution in [0, 0.1) is 0 Å². The number of nitrogens with zero attached hydrogens (tertiary/aromatic N) is 2. The van der Waals surface area contributed by atoms with Crippen molar-refractivity contribution < 1.29 is 47.2 Å². The van der Waals surface area contributed by atoms with E-state index in [1.807, 2.05) is 0 Å². The third-order valence-corrected chi connectivity index (χ3v) is 3.98. The van der Waals surface area contributed by atoms with E-state index in [-0.39, 0.29) is 31.4 Å². The lowest BCUT2D eigenvalue weighted by Gasteiger charge is -2.34. The van der Waals surface area contributed by atoms with Crippen LogP contribution in [0.15, 0.2) is 12.1 Å². The fraction of sp³-hybridized carbons (Fsp3) is 0.529. The Morgan fingerprint density at radius 3 is 2.40 bits per heavy atom. The first-order chi connectivity index (χ1) is 13.2. The normalized spacial score (nSPS) is 18.4. The number of carboxylic acids is 1. The van der Waals surface area contributed by atoms with Gasteiger partial charge >= 0.3 is 18.1 Å². The zero-order valence-electron chi connectivity index (χ0n) is 16.1. The van der Waals surface area contributed by atoms with E-state index >= 15 is 0 Å². The van der Waals surface area contributed by atoms with E-state index in [9.17, 15) is 37.8 Å². The number of esters is 1. The van der Waals surface area contributed by atoms with Gasteiger partial charge in [0.05, 0.1) is 24.4 Å². The van der Waals surface area contributed by atoms with E-state index in [4.69, 9.17) is 4.74 Å². The summed E-state index contributed by atoms with van der Waals surface area (Å²) in [6.07, 6.45) is -8.44. The Morgan fingerprint density at radius 2 is 1.93 bits per heavy atom. The number of hydrogen-bond donors (Lipinski definition) is 2. The van der Waals surface area contributed by atoms with Crippen LogP contribution >= 0.6 is 12.4 Å². The molecule has 0 aromatic carbocycles. The molecule has 2 N–H and O–H groups in total. The molecule has 1 aliphatic heterocycles. The lowest BCUT2D eigenvalue weighted by Crippen LogP contribution is -2.56. The van der Waals surface area contributed by atoms with Crippen molar-refractivity contribution in [3.05, 3.63) is 23.4 Å². The van der Waals surface area contributed by atoms with E-state index in [2.05, 4.69) is 9.72 Å². The van der Waals surface area contributed by atoms with Crippen LogP contribution in [0.5, 0.6) is 0 Å². The second-order valence-corrected chi connectivity index (χ2v) is 6.77. The Morgan fingerprint density at radius 1 is 1.33 bits per heavy atom. The van der Waals surface area contributed by atoms with Gasteiger partial charge in [-0.2, -0.15) is 13.2 Å². The summed E-state index contributed by atoms with van der Waals surface area (Å²) in [5, 5.41) is 19.3. The van der Waals surface area contributed by atoms with Crippen LogP contribution in [0.1, 0.15) is 32.0 Å². The fourth-order valence-electron chi connectivity index (χ4n) is 2.77. The summed E-state index contributed by atoms with van der Waals surface area (Å²) in [7, 11) is 0. The number of carboxylic acid groups (broad SMARTS) is 1. The van der Waals surface area contributed by atoms with Crippen molar-refractivity contribution in [1.82, 2.24) is 4.98 Å². The number of anilines is 1. The highest BCUT2D eigenvalue weighted by molar-refractivity contribution is 6.00. The Kier molecular flexibility index (Phi) is 7.80. The fourth-order valence-corrected chi connectivity index (χ4v) is 2.77.